The first kappa shape index (κ1) is 20.9. The lowest BCUT2D eigenvalue weighted by atomic mass is 10.2. The fourth-order valence-corrected chi connectivity index (χ4v) is 2.29. The highest BCUT2D eigenvalue weighted by molar-refractivity contribution is 5.96. The van der Waals surface area contributed by atoms with E-state index in [1.807, 2.05) is 0 Å². The standard InChI is InChI=1S/C20H21FN2O5/c1-23(12-15-6-3-4-9-17(15)21)18(24)13-28-19(25)11-22-20(26)14-7-5-8-16(10-14)27-2/h3-10H,11-13H2,1-2H3,(H,22,26). The second-order valence-corrected chi connectivity index (χ2v) is 5.92. The van der Waals surface area contributed by atoms with Crippen molar-refractivity contribution < 1.29 is 28.2 Å². The molecule has 0 bridgehead atoms. The molecule has 148 valence electrons. The quantitative estimate of drug-likeness (QED) is 0.697. The van der Waals surface area contributed by atoms with E-state index in [4.69, 9.17) is 9.47 Å². The van der Waals surface area contributed by atoms with Crippen LogP contribution in [0, 0.1) is 5.82 Å². The maximum absolute atomic E-state index is 13.6. The molecule has 2 rings (SSSR count). The number of halogens is 1. The van der Waals surface area contributed by atoms with E-state index in [1.54, 1.807) is 36.4 Å². The molecule has 0 spiro atoms. The third kappa shape index (κ3) is 6.08. The third-order valence-electron chi connectivity index (χ3n) is 3.87. The number of hydrogen-bond donors (Lipinski definition) is 1. The molecule has 0 unspecified atom stereocenters. The van der Waals surface area contributed by atoms with Gasteiger partial charge >= 0.3 is 5.97 Å². The number of hydrogen-bond acceptors (Lipinski definition) is 5. The minimum atomic E-state index is -0.760. The second-order valence-electron chi connectivity index (χ2n) is 5.92. The monoisotopic (exact) mass is 388 g/mol. The lowest BCUT2D eigenvalue weighted by molar-refractivity contribution is -0.150. The molecule has 7 nitrogen and oxygen atoms in total. The fourth-order valence-electron chi connectivity index (χ4n) is 2.29. The van der Waals surface area contributed by atoms with Gasteiger partial charge in [0.2, 0.25) is 0 Å². The van der Waals surface area contributed by atoms with Gasteiger partial charge in [-0.3, -0.25) is 14.4 Å². The molecule has 0 atom stereocenters. The topological polar surface area (TPSA) is 84.9 Å². The molecule has 0 saturated heterocycles. The first-order chi connectivity index (χ1) is 13.4. The Bertz CT molecular complexity index is 856. The molecule has 0 aliphatic carbocycles. The van der Waals surface area contributed by atoms with Crippen molar-refractivity contribution in [3.63, 3.8) is 0 Å². The van der Waals surface area contributed by atoms with Crippen molar-refractivity contribution >= 4 is 17.8 Å². The summed E-state index contributed by atoms with van der Waals surface area (Å²) < 4.78 is 23.5. The van der Waals surface area contributed by atoms with Crippen molar-refractivity contribution in [1.82, 2.24) is 10.2 Å². The van der Waals surface area contributed by atoms with Gasteiger partial charge < -0.3 is 19.7 Å². The Morgan fingerprint density at radius 1 is 1.11 bits per heavy atom. The fraction of sp³-hybridized carbons (Fsp3) is 0.250. The lowest BCUT2D eigenvalue weighted by Gasteiger charge is -2.17. The van der Waals surface area contributed by atoms with Gasteiger partial charge in [-0.15, -0.1) is 0 Å². The van der Waals surface area contributed by atoms with Gasteiger partial charge in [0.15, 0.2) is 6.61 Å². The van der Waals surface area contributed by atoms with Gasteiger partial charge in [-0.2, -0.15) is 0 Å². The number of likely N-dealkylation sites (N-methyl/N-ethyl adjacent to an activating group) is 1. The predicted molar refractivity (Wildman–Crippen MR) is 99.2 cm³/mol. The zero-order valence-corrected chi connectivity index (χ0v) is 15.6. The molecular weight excluding hydrogens is 367 g/mol. The molecule has 0 fully saturated rings. The number of nitrogens with one attached hydrogen (secondary N) is 1. The van der Waals surface area contributed by atoms with Gasteiger partial charge in [-0.25, -0.2) is 4.39 Å². The molecule has 0 aromatic heterocycles. The number of nitrogens with zero attached hydrogens (tertiary/aromatic N) is 1. The summed E-state index contributed by atoms with van der Waals surface area (Å²) in [6.45, 7) is -0.838. The number of carbonyl (C=O) groups is 3. The Labute approximate surface area is 162 Å². The van der Waals surface area contributed by atoms with Gasteiger partial charge in [0.05, 0.1) is 7.11 Å². The zero-order chi connectivity index (χ0) is 20.5. The Hall–Kier alpha value is -3.42. The van der Waals surface area contributed by atoms with Crippen LogP contribution in [-0.2, 0) is 20.9 Å². The largest absolute Gasteiger partial charge is 0.497 e. The summed E-state index contributed by atoms with van der Waals surface area (Å²) >= 11 is 0. The summed E-state index contributed by atoms with van der Waals surface area (Å²) in [5.74, 6) is -1.63. The van der Waals surface area contributed by atoms with Crippen LogP contribution in [0.3, 0.4) is 0 Å². The highest BCUT2D eigenvalue weighted by atomic mass is 19.1. The van der Waals surface area contributed by atoms with Crippen LogP contribution in [0.1, 0.15) is 15.9 Å². The maximum atomic E-state index is 13.6. The first-order valence-corrected chi connectivity index (χ1v) is 8.46. The minimum absolute atomic E-state index is 0.0512. The second kappa shape index (κ2) is 10.1. The summed E-state index contributed by atoms with van der Waals surface area (Å²) in [7, 11) is 2.96. The number of amides is 2. The highest BCUT2D eigenvalue weighted by Crippen LogP contribution is 2.12. The van der Waals surface area contributed by atoms with Gasteiger partial charge in [-0.1, -0.05) is 24.3 Å². The SMILES string of the molecule is COc1cccc(C(=O)NCC(=O)OCC(=O)N(C)Cc2ccccc2F)c1. The normalized spacial score (nSPS) is 10.1. The number of rotatable bonds is 8. The van der Waals surface area contributed by atoms with E-state index in [2.05, 4.69) is 5.32 Å². The van der Waals surface area contributed by atoms with Crippen LogP contribution in [0.15, 0.2) is 48.5 Å². The zero-order valence-electron chi connectivity index (χ0n) is 15.6. The molecule has 28 heavy (non-hydrogen) atoms. The van der Waals surface area contributed by atoms with E-state index in [-0.39, 0.29) is 13.1 Å². The van der Waals surface area contributed by atoms with E-state index in [9.17, 15) is 18.8 Å². The number of carbonyl (C=O) groups excluding carboxylic acids is 3. The van der Waals surface area contributed by atoms with Crippen molar-refractivity contribution in [3.8, 4) is 5.75 Å². The van der Waals surface area contributed by atoms with Gasteiger partial charge in [0.25, 0.3) is 11.8 Å². The van der Waals surface area contributed by atoms with Gasteiger partial charge in [-0.05, 0) is 24.3 Å². The number of ether oxygens (including phenoxy) is 2. The van der Waals surface area contributed by atoms with E-state index in [0.717, 1.165) is 0 Å². The summed E-state index contributed by atoms with van der Waals surface area (Å²) in [6.07, 6.45) is 0. The smallest absolute Gasteiger partial charge is 0.325 e. The molecule has 0 aliphatic rings. The van der Waals surface area contributed by atoms with Crippen molar-refractivity contribution in [2.75, 3.05) is 27.3 Å². The Morgan fingerprint density at radius 3 is 2.57 bits per heavy atom. The summed E-state index contributed by atoms with van der Waals surface area (Å²) in [5, 5.41) is 2.41. The summed E-state index contributed by atoms with van der Waals surface area (Å²) in [4.78, 5) is 37.0. The van der Waals surface area contributed by atoms with E-state index in [1.165, 1.54) is 31.2 Å². The van der Waals surface area contributed by atoms with Crippen LogP contribution in [0.25, 0.3) is 0 Å². The van der Waals surface area contributed by atoms with Crippen LogP contribution < -0.4 is 10.1 Å². The van der Waals surface area contributed by atoms with Crippen LogP contribution in [0.5, 0.6) is 5.75 Å². The van der Waals surface area contributed by atoms with Crippen molar-refractivity contribution in [2.45, 2.75) is 6.54 Å². The molecule has 1 N–H and O–H groups in total. The Morgan fingerprint density at radius 2 is 1.86 bits per heavy atom. The first-order valence-electron chi connectivity index (χ1n) is 8.46. The molecule has 0 saturated carbocycles. The maximum Gasteiger partial charge on any atom is 0.325 e. The molecule has 2 amide bonds. The number of esters is 1. The highest BCUT2D eigenvalue weighted by Gasteiger charge is 2.15. The van der Waals surface area contributed by atoms with Crippen molar-refractivity contribution in [2.24, 2.45) is 0 Å². The van der Waals surface area contributed by atoms with E-state index in [0.29, 0.717) is 16.9 Å². The molecular formula is C20H21FN2O5. The lowest BCUT2D eigenvalue weighted by Crippen LogP contribution is -2.34. The van der Waals surface area contributed by atoms with Gasteiger partial charge in [0.1, 0.15) is 18.1 Å². The predicted octanol–water partition coefficient (Wildman–Crippen LogP) is 1.77. The van der Waals surface area contributed by atoms with Crippen LogP contribution in [0.4, 0.5) is 4.39 Å². The molecule has 0 heterocycles. The molecule has 8 heteroatoms. The van der Waals surface area contributed by atoms with Crippen LogP contribution >= 0.6 is 0 Å². The molecule has 0 radical (unpaired) electrons. The number of benzene rings is 2. The summed E-state index contributed by atoms with van der Waals surface area (Å²) in [6, 6.07) is 12.5. The molecule has 2 aromatic carbocycles. The molecule has 0 aliphatic heterocycles. The van der Waals surface area contributed by atoms with Crippen molar-refractivity contribution in [1.29, 1.82) is 0 Å². The Balaban J connectivity index is 1.76. The molecule has 2 aromatic rings. The third-order valence-corrected chi connectivity index (χ3v) is 3.87. The summed E-state index contributed by atoms with van der Waals surface area (Å²) in [5.41, 5.74) is 0.683. The van der Waals surface area contributed by atoms with Crippen molar-refractivity contribution in [3.05, 3.63) is 65.5 Å². The van der Waals surface area contributed by atoms with Crippen LogP contribution in [0.2, 0.25) is 0 Å². The number of methoxy groups -OCH3 is 1. The average Bonchev–Trinajstić information content (AvgIpc) is 2.71. The van der Waals surface area contributed by atoms with E-state index >= 15 is 0 Å². The Kier molecular flexibility index (Phi) is 7.50. The van der Waals surface area contributed by atoms with Gasteiger partial charge in [0, 0.05) is 24.7 Å². The van der Waals surface area contributed by atoms with Crippen LogP contribution in [-0.4, -0.2) is 50.0 Å². The average molecular weight is 388 g/mol. The van der Waals surface area contributed by atoms with E-state index < -0.39 is 30.2 Å². The minimum Gasteiger partial charge on any atom is -0.497 e.